The summed E-state index contributed by atoms with van der Waals surface area (Å²) < 4.78 is 16.9. The van der Waals surface area contributed by atoms with E-state index in [9.17, 15) is 19.2 Å². The molecule has 0 spiro atoms. The standard InChI is InChI=1S/C46H48N4O7S/c1-27-22-29(26-47-45(54)57-46(3,4)5)23-28(2)39(27)49-42(51)34-24-35-38(56-20-17-31-18-21-58-41(31)35)25-33(34)32-15-16-36(48-40(32)44(53)55-6)43(52)50-19-11-10-14-37(50)30-12-8-7-9-13-30/h7-9,12-13,15-16,18,21-25,37H,10-11,14,17,19-20,26H2,1-6H3,(H,47,54)(H,49,51). The number of likely N-dealkylation sites (tertiary alicyclic amines) is 1. The number of aryl methyl sites for hydroxylation is 2. The Bertz CT molecular complexity index is 2360. The van der Waals surface area contributed by atoms with Crippen molar-refractivity contribution in [2.24, 2.45) is 0 Å². The molecule has 5 aromatic rings. The smallest absolute Gasteiger partial charge is 0.407 e. The van der Waals surface area contributed by atoms with Crippen LogP contribution in [0.4, 0.5) is 10.5 Å². The zero-order valence-corrected chi connectivity index (χ0v) is 34.5. The molecule has 1 atom stereocenters. The van der Waals surface area contributed by atoms with Crippen LogP contribution in [0.15, 0.2) is 78.2 Å². The lowest BCUT2D eigenvalue weighted by atomic mass is 9.93. The minimum atomic E-state index is -0.743. The van der Waals surface area contributed by atoms with Gasteiger partial charge in [-0.05, 0) is 117 Å². The number of hydrogen-bond donors (Lipinski definition) is 2. The van der Waals surface area contributed by atoms with Gasteiger partial charge in [0.25, 0.3) is 11.8 Å². The van der Waals surface area contributed by atoms with Crippen LogP contribution in [0, 0.1) is 13.8 Å². The summed E-state index contributed by atoms with van der Waals surface area (Å²) in [6, 6.07) is 22.6. The highest BCUT2D eigenvalue weighted by Gasteiger charge is 2.32. The van der Waals surface area contributed by atoms with Crippen LogP contribution < -0.4 is 15.4 Å². The Hall–Kier alpha value is -6.01. The first-order valence-electron chi connectivity index (χ1n) is 19.5. The van der Waals surface area contributed by atoms with Crippen molar-refractivity contribution in [2.45, 2.75) is 78.5 Å². The van der Waals surface area contributed by atoms with Crippen LogP contribution in [0.3, 0.4) is 0 Å². The topological polar surface area (TPSA) is 136 Å². The molecule has 12 heteroatoms. The Morgan fingerprint density at radius 3 is 2.41 bits per heavy atom. The lowest BCUT2D eigenvalue weighted by Crippen LogP contribution is -2.39. The van der Waals surface area contributed by atoms with Gasteiger partial charge in [-0.2, -0.15) is 0 Å². The number of nitrogens with one attached hydrogen (secondary N) is 2. The molecule has 2 N–H and O–H groups in total. The van der Waals surface area contributed by atoms with E-state index in [2.05, 4.69) is 21.7 Å². The predicted octanol–water partition coefficient (Wildman–Crippen LogP) is 9.46. The van der Waals surface area contributed by atoms with Crippen LogP contribution in [-0.2, 0) is 22.4 Å². The van der Waals surface area contributed by atoms with E-state index in [-0.39, 0.29) is 35.4 Å². The summed E-state index contributed by atoms with van der Waals surface area (Å²) in [5.74, 6) is -0.875. The number of amides is 3. The van der Waals surface area contributed by atoms with Gasteiger partial charge in [-0.3, -0.25) is 9.59 Å². The fourth-order valence-electron chi connectivity index (χ4n) is 7.74. The molecule has 1 unspecified atom stereocenters. The molecule has 0 saturated carbocycles. The molecule has 1 saturated heterocycles. The van der Waals surface area contributed by atoms with Gasteiger partial charge in [0.2, 0.25) is 0 Å². The van der Waals surface area contributed by atoms with E-state index < -0.39 is 23.6 Å². The number of pyridine rings is 1. The monoisotopic (exact) mass is 800 g/mol. The number of methoxy groups -OCH3 is 1. The van der Waals surface area contributed by atoms with Crippen molar-refractivity contribution < 1.29 is 33.4 Å². The van der Waals surface area contributed by atoms with Crippen LogP contribution in [0.5, 0.6) is 5.75 Å². The van der Waals surface area contributed by atoms with Gasteiger partial charge in [-0.15, -0.1) is 11.3 Å². The number of esters is 1. The lowest BCUT2D eigenvalue weighted by Gasteiger charge is -2.36. The van der Waals surface area contributed by atoms with E-state index in [1.807, 2.05) is 72.7 Å². The minimum Gasteiger partial charge on any atom is -0.493 e. The van der Waals surface area contributed by atoms with Crippen molar-refractivity contribution in [3.8, 4) is 27.3 Å². The molecule has 11 nitrogen and oxygen atoms in total. The first-order valence-corrected chi connectivity index (χ1v) is 20.4. The largest absolute Gasteiger partial charge is 0.493 e. The fourth-order valence-corrected chi connectivity index (χ4v) is 8.72. The summed E-state index contributed by atoms with van der Waals surface area (Å²) in [6.45, 7) is 10.4. The molecule has 300 valence electrons. The summed E-state index contributed by atoms with van der Waals surface area (Å²) >= 11 is 1.57. The van der Waals surface area contributed by atoms with Crippen LogP contribution in [0.1, 0.15) is 105 Å². The summed E-state index contributed by atoms with van der Waals surface area (Å²) in [6.07, 6.45) is 2.86. The molecule has 58 heavy (non-hydrogen) atoms. The van der Waals surface area contributed by atoms with Crippen molar-refractivity contribution in [3.05, 3.63) is 123 Å². The molecule has 0 aliphatic carbocycles. The van der Waals surface area contributed by atoms with E-state index >= 15 is 0 Å². The molecule has 3 aromatic carbocycles. The number of piperidine rings is 1. The minimum absolute atomic E-state index is 0.0877. The van der Waals surface area contributed by atoms with Crippen LogP contribution in [0.2, 0.25) is 0 Å². The Labute approximate surface area is 342 Å². The fraction of sp³-hybridized carbons (Fsp3) is 0.326. The number of thiophene rings is 1. The first kappa shape index (κ1) is 40.2. The number of anilines is 1. The number of carbonyl (C=O) groups excluding carboxylic acids is 4. The summed E-state index contributed by atoms with van der Waals surface area (Å²) in [5.41, 5.74) is 6.39. The normalized spacial score (nSPS) is 14.9. The average Bonchev–Trinajstić information content (AvgIpc) is 3.61. The van der Waals surface area contributed by atoms with E-state index in [0.29, 0.717) is 42.1 Å². The summed E-state index contributed by atoms with van der Waals surface area (Å²) in [4.78, 5) is 62.3. The maximum absolute atomic E-state index is 14.7. The predicted molar refractivity (Wildman–Crippen MR) is 225 cm³/mol. The van der Waals surface area contributed by atoms with Crippen molar-refractivity contribution in [1.82, 2.24) is 15.2 Å². The second-order valence-electron chi connectivity index (χ2n) is 15.7. The highest BCUT2D eigenvalue weighted by Crippen LogP contribution is 2.44. The molecule has 0 bridgehead atoms. The van der Waals surface area contributed by atoms with Crippen molar-refractivity contribution in [3.63, 3.8) is 0 Å². The molecule has 2 aromatic heterocycles. The van der Waals surface area contributed by atoms with E-state index in [0.717, 1.165) is 57.5 Å². The number of fused-ring (bicyclic) bond motifs is 3. The summed E-state index contributed by atoms with van der Waals surface area (Å²) in [5, 5.41) is 7.96. The van der Waals surface area contributed by atoms with Crippen molar-refractivity contribution in [2.75, 3.05) is 25.6 Å². The number of hydrogen-bond acceptors (Lipinski definition) is 9. The number of alkyl carbamates (subject to hydrolysis) is 1. The highest BCUT2D eigenvalue weighted by molar-refractivity contribution is 7.13. The molecule has 7 rings (SSSR count). The Morgan fingerprint density at radius 2 is 1.69 bits per heavy atom. The zero-order chi connectivity index (χ0) is 41.1. The first-order chi connectivity index (χ1) is 27.8. The molecule has 0 radical (unpaired) electrons. The van der Waals surface area contributed by atoms with Gasteiger partial charge in [0, 0.05) is 52.3 Å². The quantitative estimate of drug-likeness (QED) is 0.148. The van der Waals surface area contributed by atoms with Gasteiger partial charge in [-0.25, -0.2) is 14.6 Å². The third-order valence-corrected chi connectivity index (χ3v) is 11.4. The second kappa shape index (κ2) is 16.8. The van der Waals surface area contributed by atoms with E-state index in [1.165, 1.54) is 7.11 Å². The average molecular weight is 801 g/mol. The maximum Gasteiger partial charge on any atom is 0.407 e. The number of ether oxygens (including phenoxy) is 3. The second-order valence-corrected chi connectivity index (χ2v) is 16.6. The third-order valence-electron chi connectivity index (χ3n) is 10.4. The van der Waals surface area contributed by atoms with Crippen molar-refractivity contribution in [1.29, 1.82) is 0 Å². The van der Waals surface area contributed by atoms with Crippen molar-refractivity contribution >= 4 is 40.9 Å². The van der Waals surface area contributed by atoms with Gasteiger partial charge >= 0.3 is 12.1 Å². The van der Waals surface area contributed by atoms with E-state index in [1.54, 1.807) is 50.3 Å². The third kappa shape index (κ3) is 8.62. The number of carbonyl (C=O) groups is 4. The number of aromatic nitrogens is 1. The van der Waals surface area contributed by atoms with Crippen LogP contribution >= 0.6 is 11.3 Å². The SMILES string of the molecule is COC(=O)c1nc(C(=O)N2CCCCC2c2ccccc2)ccc1-c1cc2c(cc1C(=O)Nc1c(C)cc(CNC(=O)OC(C)(C)C)cc1C)-c1sccc1CCO2. The summed E-state index contributed by atoms with van der Waals surface area (Å²) in [7, 11) is 1.27. The Morgan fingerprint density at radius 1 is 0.931 bits per heavy atom. The highest BCUT2D eigenvalue weighted by atomic mass is 32.1. The molecular formula is C46H48N4O7S. The number of nitrogens with zero attached hydrogens (tertiary/aromatic N) is 2. The van der Waals surface area contributed by atoms with Gasteiger partial charge in [0.15, 0.2) is 5.69 Å². The van der Waals surface area contributed by atoms with Gasteiger partial charge in [-0.1, -0.05) is 42.5 Å². The van der Waals surface area contributed by atoms with Gasteiger partial charge in [0.1, 0.15) is 17.0 Å². The maximum atomic E-state index is 14.7. The number of benzene rings is 3. The number of rotatable bonds is 8. The molecular weight excluding hydrogens is 753 g/mol. The lowest BCUT2D eigenvalue weighted by molar-refractivity contribution is 0.0521. The molecule has 3 amide bonds. The van der Waals surface area contributed by atoms with Crippen LogP contribution in [0.25, 0.3) is 21.6 Å². The molecule has 1 fully saturated rings. The Kier molecular flexibility index (Phi) is 11.7. The van der Waals surface area contributed by atoms with E-state index in [4.69, 9.17) is 14.2 Å². The van der Waals surface area contributed by atoms with Gasteiger partial charge < -0.3 is 29.7 Å². The molecule has 2 aliphatic rings. The molecule has 2 aliphatic heterocycles. The zero-order valence-electron chi connectivity index (χ0n) is 33.7. The Balaban J connectivity index is 1.27. The van der Waals surface area contributed by atoms with Gasteiger partial charge in [0.05, 0.1) is 19.8 Å². The molecule has 4 heterocycles. The van der Waals surface area contributed by atoms with Crippen LogP contribution in [-0.4, -0.2) is 59.6 Å².